The first kappa shape index (κ1) is 22.1. The van der Waals surface area contributed by atoms with Gasteiger partial charge >= 0.3 is 0 Å². The van der Waals surface area contributed by atoms with E-state index in [2.05, 4.69) is 30.8 Å². The van der Waals surface area contributed by atoms with Crippen molar-refractivity contribution in [3.63, 3.8) is 0 Å². The number of hydrogen-bond donors (Lipinski definition) is 1. The second-order valence-electron chi connectivity index (χ2n) is 7.82. The zero-order valence-corrected chi connectivity index (χ0v) is 18.2. The number of halogens is 2. The van der Waals surface area contributed by atoms with Gasteiger partial charge in [0.2, 0.25) is 0 Å². The lowest BCUT2D eigenvalue weighted by atomic mass is 10.0. The predicted octanol–water partition coefficient (Wildman–Crippen LogP) is 4.01. The number of carbonyl (C=O) groups excluding carboxylic acids is 1. The average molecular weight is 449 g/mol. The second-order valence-corrected chi connectivity index (χ2v) is 7.82. The van der Waals surface area contributed by atoms with E-state index in [-0.39, 0.29) is 17.0 Å². The lowest BCUT2D eigenvalue weighted by Gasteiger charge is -2.15. The summed E-state index contributed by atoms with van der Waals surface area (Å²) in [5.41, 5.74) is 1.85. The minimum Gasteiger partial charge on any atom is -0.344 e. The molecule has 0 radical (unpaired) electrons. The number of nitrogens with one attached hydrogen (secondary N) is 1. The van der Waals surface area contributed by atoms with E-state index >= 15 is 0 Å². The number of tetrazole rings is 1. The number of carbonyl (C=O) groups is 1. The molecule has 1 atom stereocenters. The molecule has 0 spiro atoms. The summed E-state index contributed by atoms with van der Waals surface area (Å²) in [4.78, 5) is 21.3. The van der Waals surface area contributed by atoms with Crippen molar-refractivity contribution in [3.05, 3.63) is 83.7 Å². The summed E-state index contributed by atoms with van der Waals surface area (Å²) in [5, 5.41) is 14.7. The Hall–Kier alpha value is -4.08. The minimum absolute atomic E-state index is 0.000155. The fraction of sp³-hybridized carbons (Fsp3) is 0.217. The van der Waals surface area contributed by atoms with E-state index in [0.29, 0.717) is 22.8 Å². The van der Waals surface area contributed by atoms with Crippen LogP contribution in [-0.4, -0.2) is 36.1 Å². The Balaban J connectivity index is 1.79. The van der Waals surface area contributed by atoms with Crippen molar-refractivity contribution in [2.75, 3.05) is 0 Å². The smallest absolute Gasteiger partial charge is 0.251 e. The van der Waals surface area contributed by atoms with Crippen molar-refractivity contribution in [3.8, 4) is 16.8 Å². The standard InChI is InChI=1S/C23H21F2N7O/c1-13(2)22-29-30-31-32(22)18-9-15(19-5-4-17(24)11-20(19)25)8-16(10-18)23(33)28-14(3)21-12-26-6-7-27-21/h4-14H,1-3H3,(H,28,33). The summed E-state index contributed by atoms with van der Waals surface area (Å²) < 4.78 is 29.6. The van der Waals surface area contributed by atoms with E-state index in [1.54, 1.807) is 37.6 Å². The summed E-state index contributed by atoms with van der Waals surface area (Å²) in [6, 6.07) is 7.69. The lowest BCUT2D eigenvalue weighted by Crippen LogP contribution is -2.27. The summed E-state index contributed by atoms with van der Waals surface area (Å²) >= 11 is 0. The van der Waals surface area contributed by atoms with Crippen molar-refractivity contribution in [1.29, 1.82) is 0 Å². The lowest BCUT2D eigenvalue weighted by molar-refractivity contribution is 0.0939. The van der Waals surface area contributed by atoms with Gasteiger partial charge in [-0.3, -0.25) is 14.8 Å². The topological polar surface area (TPSA) is 98.5 Å². The highest BCUT2D eigenvalue weighted by atomic mass is 19.1. The molecule has 4 rings (SSSR count). The molecule has 0 aliphatic carbocycles. The summed E-state index contributed by atoms with van der Waals surface area (Å²) in [7, 11) is 0. The van der Waals surface area contributed by atoms with Crippen LogP contribution in [0.15, 0.2) is 55.0 Å². The maximum absolute atomic E-state index is 14.6. The molecule has 2 aromatic carbocycles. The quantitative estimate of drug-likeness (QED) is 0.478. The van der Waals surface area contributed by atoms with Gasteiger partial charge in [-0.1, -0.05) is 13.8 Å². The zero-order valence-electron chi connectivity index (χ0n) is 18.2. The molecule has 1 N–H and O–H groups in total. The Bertz CT molecular complexity index is 1290. The van der Waals surface area contributed by atoms with Crippen molar-refractivity contribution in [1.82, 2.24) is 35.5 Å². The van der Waals surface area contributed by atoms with Crippen LogP contribution in [0.4, 0.5) is 8.78 Å². The largest absolute Gasteiger partial charge is 0.344 e. The maximum Gasteiger partial charge on any atom is 0.251 e. The molecule has 33 heavy (non-hydrogen) atoms. The van der Waals surface area contributed by atoms with E-state index in [9.17, 15) is 13.6 Å². The SMILES string of the molecule is CC(C)c1nnnn1-c1cc(C(=O)NC(C)c2cnccn2)cc(-c2ccc(F)cc2F)c1. The van der Waals surface area contributed by atoms with Crippen molar-refractivity contribution in [2.45, 2.75) is 32.7 Å². The minimum atomic E-state index is -0.743. The van der Waals surface area contributed by atoms with E-state index in [1.165, 1.54) is 16.8 Å². The number of rotatable bonds is 6. The molecule has 168 valence electrons. The summed E-state index contributed by atoms with van der Waals surface area (Å²) in [6.07, 6.45) is 4.65. The second kappa shape index (κ2) is 9.19. The molecule has 0 bridgehead atoms. The molecule has 2 heterocycles. The van der Waals surface area contributed by atoms with Crippen LogP contribution in [0.3, 0.4) is 0 Å². The van der Waals surface area contributed by atoms with Gasteiger partial charge in [0.1, 0.15) is 11.6 Å². The Kier molecular flexibility index (Phi) is 6.16. The van der Waals surface area contributed by atoms with Gasteiger partial charge in [-0.15, -0.1) is 5.10 Å². The van der Waals surface area contributed by atoms with Crippen LogP contribution in [0.25, 0.3) is 16.8 Å². The third kappa shape index (κ3) is 4.74. The molecular formula is C23H21F2N7O. The molecule has 0 saturated heterocycles. The Labute approximate surface area is 188 Å². The molecule has 0 aliphatic heterocycles. The van der Waals surface area contributed by atoms with Gasteiger partial charge in [-0.25, -0.2) is 8.78 Å². The van der Waals surface area contributed by atoms with Crippen LogP contribution in [-0.2, 0) is 0 Å². The van der Waals surface area contributed by atoms with Gasteiger partial charge in [-0.2, -0.15) is 4.68 Å². The van der Waals surface area contributed by atoms with Crippen LogP contribution >= 0.6 is 0 Å². The van der Waals surface area contributed by atoms with E-state index < -0.39 is 23.6 Å². The third-order valence-corrected chi connectivity index (χ3v) is 5.05. The van der Waals surface area contributed by atoms with Gasteiger partial charge < -0.3 is 5.32 Å². The molecular weight excluding hydrogens is 428 g/mol. The number of nitrogens with zero attached hydrogens (tertiary/aromatic N) is 6. The number of amides is 1. The van der Waals surface area contributed by atoms with Crippen molar-refractivity contribution < 1.29 is 13.6 Å². The van der Waals surface area contributed by atoms with Gasteiger partial charge in [-0.05, 0) is 53.2 Å². The van der Waals surface area contributed by atoms with Crippen molar-refractivity contribution >= 4 is 5.91 Å². The first-order valence-electron chi connectivity index (χ1n) is 10.3. The van der Waals surface area contributed by atoms with E-state index in [0.717, 1.165) is 12.1 Å². The van der Waals surface area contributed by atoms with Crippen LogP contribution in [0.2, 0.25) is 0 Å². The van der Waals surface area contributed by atoms with Crippen molar-refractivity contribution in [2.24, 2.45) is 0 Å². The highest BCUT2D eigenvalue weighted by Gasteiger charge is 2.19. The molecule has 0 fully saturated rings. The third-order valence-electron chi connectivity index (χ3n) is 5.05. The molecule has 1 amide bonds. The van der Waals surface area contributed by atoms with Gasteiger partial charge in [0.05, 0.1) is 23.6 Å². The highest BCUT2D eigenvalue weighted by molar-refractivity contribution is 5.96. The van der Waals surface area contributed by atoms with E-state index in [1.807, 2.05) is 13.8 Å². The maximum atomic E-state index is 14.6. The number of aromatic nitrogens is 6. The molecule has 8 nitrogen and oxygen atoms in total. The molecule has 0 aliphatic rings. The van der Waals surface area contributed by atoms with Gasteiger partial charge in [0, 0.05) is 35.5 Å². The highest BCUT2D eigenvalue weighted by Crippen LogP contribution is 2.28. The average Bonchev–Trinajstić information content (AvgIpc) is 3.30. The Morgan fingerprint density at radius 1 is 1.06 bits per heavy atom. The summed E-state index contributed by atoms with van der Waals surface area (Å²) in [5.74, 6) is -1.26. The van der Waals surface area contributed by atoms with Crippen LogP contribution in [0, 0.1) is 11.6 Å². The number of hydrogen-bond acceptors (Lipinski definition) is 6. The van der Waals surface area contributed by atoms with Crippen LogP contribution in [0.1, 0.15) is 54.6 Å². The number of benzene rings is 2. The fourth-order valence-corrected chi connectivity index (χ4v) is 3.37. The molecule has 1 unspecified atom stereocenters. The molecule has 2 aromatic heterocycles. The monoisotopic (exact) mass is 449 g/mol. The van der Waals surface area contributed by atoms with Gasteiger partial charge in [0.15, 0.2) is 5.82 Å². The fourth-order valence-electron chi connectivity index (χ4n) is 3.37. The predicted molar refractivity (Wildman–Crippen MR) is 117 cm³/mol. The normalized spacial score (nSPS) is 12.1. The zero-order chi connectivity index (χ0) is 23.5. The first-order valence-corrected chi connectivity index (χ1v) is 10.3. The van der Waals surface area contributed by atoms with Gasteiger partial charge in [0.25, 0.3) is 5.91 Å². The molecule has 4 aromatic rings. The Morgan fingerprint density at radius 2 is 1.88 bits per heavy atom. The van der Waals surface area contributed by atoms with E-state index in [4.69, 9.17) is 0 Å². The van der Waals surface area contributed by atoms with Crippen LogP contribution in [0.5, 0.6) is 0 Å². The van der Waals surface area contributed by atoms with Crippen LogP contribution < -0.4 is 5.32 Å². The first-order chi connectivity index (χ1) is 15.8. The molecule has 0 saturated carbocycles. The Morgan fingerprint density at radius 3 is 2.58 bits per heavy atom. The summed E-state index contributed by atoms with van der Waals surface area (Å²) in [6.45, 7) is 5.65. The molecule has 10 heteroatoms.